The number of hydrogen-bond donors (Lipinski definition) is 3. The van der Waals surface area contributed by atoms with Gasteiger partial charge in [0.15, 0.2) is 0 Å². The molecule has 4 heterocycles. The molecule has 5 aromatic rings. The van der Waals surface area contributed by atoms with Gasteiger partial charge in [0.05, 0.1) is 0 Å². The molecule has 1 aromatic carbocycles. The lowest BCUT2D eigenvalue weighted by molar-refractivity contribution is 1.10. The third-order valence-corrected chi connectivity index (χ3v) is 4.80. The molecular formula is C22H17N5O. The lowest BCUT2D eigenvalue weighted by Crippen LogP contribution is -2.09. The maximum Gasteiger partial charge on any atom is 0.256 e. The summed E-state index contributed by atoms with van der Waals surface area (Å²) in [6.45, 7) is 0.620. The number of hydrogen-bond acceptors (Lipinski definition) is 4. The molecule has 0 saturated heterocycles. The number of H-pyrrole nitrogens is 2. The van der Waals surface area contributed by atoms with Gasteiger partial charge < -0.3 is 15.3 Å². The van der Waals surface area contributed by atoms with Crippen molar-refractivity contribution in [3.05, 3.63) is 89.1 Å². The van der Waals surface area contributed by atoms with E-state index in [-0.39, 0.29) is 5.56 Å². The van der Waals surface area contributed by atoms with Crippen LogP contribution in [0.3, 0.4) is 0 Å². The summed E-state index contributed by atoms with van der Waals surface area (Å²) in [5.74, 6) is 0.703. The van der Waals surface area contributed by atoms with Gasteiger partial charge in [-0.15, -0.1) is 0 Å². The quantitative estimate of drug-likeness (QED) is 0.447. The predicted molar refractivity (Wildman–Crippen MR) is 111 cm³/mol. The van der Waals surface area contributed by atoms with Crippen molar-refractivity contribution in [1.29, 1.82) is 0 Å². The number of fused-ring (bicyclic) bond motifs is 2. The van der Waals surface area contributed by atoms with Gasteiger partial charge in [-0.1, -0.05) is 18.2 Å². The zero-order chi connectivity index (χ0) is 18.9. The van der Waals surface area contributed by atoms with Crippen LogP contribution in [-0.2, 0) is 6.54 Å². The highest BCUT2D eigenvalue weighted by atomic mass is 16.1. The van der Waals surface area contributed by atoms with E-state index in [1.807, 2.05) is 60.8 Å². The largest absolute Gasteiger partial charge is 0.366 e. The van der Waals surface area contributed by atoms with Gasteiger partial charge in [-0.25, -0.2) is 4.98 Å². The average Bonchev–Trinajstić information content (AvgIpc) is 3.21. The highest BCUT2D eigenvalue weighted by Gasteiger charge is 2.13. The number of nitrogens with zero attached hydrogens (tertiary/aromatic N) is 2. The molecule has 0 spiro atoms. The zero-order valence-electron chi connectivity index (χ0n) is 14.9. The first-order valence-corrected chi connectivity index (χ1v) is 9.01. The highest BCUT2D eigenvalue weighted by Crippen LogP contribution is 2.29. The number of para-hydroxylation sites is 1. The van der Waals surface area contributed by atoms with Gasteiger partial charge in [-0.05, 0) is 47.3 Å². The van der Waals surface area contributed by atoms with Crippen LogP contribution in [0.4, 0.5) is 5.82 Å². The van der Waals surface area contributed by atoms with Gasteiger partial charge in [0.2, 0.25) is 0 Å². The van der Waals surface area contributed by atoms with Gasteiger partial charge in [-0.3, -0.25) is 9.78 Å². The number of nitrogens with one attached hydrogen (secondary N) is 3. The molecule has 0 aliphatic rings. The van der Waals surface area contributed by atoms with E-state index in [2.05, 4.69) is 25.3 Å². The van der Waals surface area contributed by atoms with E-state index in [1.165, 1.54) is 0 Å². The summed E-state index contributed by atoms with van der Waals surface area (Å²) in [5, 5.41) is 5.24. The van der Waals surface area contributed by atoms with E-state index >= 15 is 0 Å². The van der Waals surface area contributed by atoms with Crippen molar-refractivity contribution in [2.45, 2.75) is 6.54 Å². The van der Waals surface area contributed by atoms with E-state index < -0.39 is 0 Å². The van der Waals surface area contributed by atoms with Crippen molar-refractivity contribution < 1.29 is 0 Å². The molecule has 0 radical (unpaired) electrons. The number of benzene rings is 1. The Hall–Kier alpha value is -3.93. The summed E-state index contributed by atoms with van der Waals surface area (Å²) in [6, 6.07) is 17.5. The molecule has 0 unspecified atom stereocenters. The Morgan fingerprint density at radius 3 is 2.71 bits per heavy atom. The summed E-state index contributed by atoms with van der Waals surface area (Å²) >= 11 is 0. The summed E-state index contributed by atoms with van der Waals surface area (Å²) in [7, 11) is 0. The number of rotatable bonds is 4. The maximum absolute atomic E-state index is 12.8. The van der Waals surface area contributed by atoms with Crippen LogP contribution < -0.4 is 10.9 Å². The number of pyridine rings is 3. The first kappa shape index (κ1) is 16.3. The van der Waals surface area contributed by atoms with Crippen LogP contribution in [0, 0.1) is 0 Å². The molecule has 6 heteroatoms. The molecule has 3 N–H and O–H groups in total. The van der Waals surface area contributed by atoms with Crippen LogP contribution in [0.25, 0.3) is 33.1 Å². The number of aromatic amines is 2. The molecule has 136 valence electrons. The van der Waals surface area contributed by atoms with Crippen LogP contribution in [-0.4, -0.2) is 19.9 Å². The SMILES string of the molecule is O=c1[nH]c2ccccc2cc1-c1cc(NCc2ccncc2)nc2[nH]ccc12. The molecule has 5 rings (SSSR count). The van der Waals surface area contributed by atoms with E-state index in [4.69, 9.17) is 0 Å². The van der Waals surface area contributed by atoms with Crippen LogP contribution in [0.5, 0.6) is 0 Å². The molecule has 0 amide bonds. The Bertz CT molecular complexity index is 1340. The molecule has 0 bridgehead atoms. The highest BCUT2D eigenvalue weighted by molar-refractivity contribution is 5.96. The molecule has 6 nitrogen and oxygen atoms in total. The summed E-state index contributed by atoms with van der Waals surface area (Å²) < 4.78 is 0. The lowest BCUT2D eigenvalue weighted by atomic mass is 10.0. The van der Waals surface area contributed by atoms with Crippen LogP contribution in [0.2, 0.25) is 0 Å². The number of anilines is 1. The minimum atomic E-state index is -0.118. The molecule has 0 atom stereocenters. The summed E-state index contributed by atoms with van der Waals surface area (Å²) in [4.78, 5) is 27.6. The maximum atomic E-state index is 12.8. The minimum absolute atomic E-state index is 0.118. The second kappa shape index (κ2) is 6.66. The van der Waals surface area contributed by atoms with Crippen LogP contribution in [0.15, 0.2) is 78.0 Å². The van der Waals surface area contributed by atoms with Crippen molar-refractivity contribution in [1.82, 2.24) is 19.9 Å². The van der Waals surface area contributed by atoms with Crippen LogP contribution >= 0.6 is 0 Å². The monoisotopic (exact) mass is 367 g/mol. The summed E-state index contributed by atoms with van der Waals surface area (Å²) in [5.41, 5.74) is 4.02. The van der Waals surface area contributed by atoms with E-state index in [0.717, 1.165) is 33.1 Å². The van der Waals surface area contributed by atoms with E-state index in [9.17, 15) is 4.79 Å². The first-order chi connectivity index (χ1) is 13.8. The Morgan fingerprint density at radius 2 is 1.82 bits per heavy atom. The fraction of sp³-hybridized carbons (Fsp3) is 0.0455. The lowest BCUT2D eigenvalue weighted by Gasteiger charge is -2.10. The van der Waals surface area contributed by atoms with Crippen LogP contribution in [0.1, 0.15) is 5.56 Å². The normalized spacial score (nSPS) is 11.1. The molecule has 0 saturated carbocycles. The molecular weight excluding hydrogens is 350 g/mol. The van der Waals surface area contributed by atoms with Gasteiger partial charge in [0.1, 0.15) is 11.5 Å². The van der Waals surface area contributed by atoms with E-state index in [0.29, 0.717) is 17.9 Å². The van der Waals surface area contributed by atoms with Crippen molar-refractivity contribution in [3.8, 4) is 11.1 Å². The minimum Gasteiger partial charge on any atom is -0.366 e. The van der Waals surface area contributed by atoms with Gasteiger partial charge in [0, 0.05) is 47.2 Å². The molecule has 0 fully saturated rings. The van der Waals surface area contributed by atoms with Crippen molar-refractivity contribution in [2.24, 2.45) is 0 Å². The third kappa shape index (κ3) is 2.91. The Labute approximate surface area is 160 Å². The Balaban J connectivity index is 1.62. The standard InChI is InChI=1S/C22H17N5O/c28-22-18(11-15-3-1-2-4-19(15)26-22)17-12-20(27-21-16(17)7-10-24-21)25-13-14-5-8-23-9-6-14/h1-12H,13H2,(H,26,28)(H2,24,25,27). The fourth-order valence-electron chi connectivity index (χ4n) is 3.39. The van der Waals surface area contributed by atoms with Crippen molar-refractivity contribution >= 4 is 27.8 Å². The molecule has 4 aromatic heterocycles. The first-order valence-electron chi connectivity index (χ1n) is 9.01. The van der Waals surface area contributed by atoms with Gasteiger partial charge in [0.25, 0.3) is 5.56 Å². The zero-order valence-corrected chi connectivity index (χ0v) is 14.9. The second-order valence-electron chi connectivity index (χ2n) is 6.60. The Kier molecular flexibility index (Phi) is 3.87. The topological polar surface area (TPSA) is 86.5 Å². The predicted octanol–water partition coefficient (Wildman–Crippen LogP) is 4.08. The third-order valence-electron chi connectivity index (χ3n) is 4.80. The molecule has 0 aliphatic heterocycles. The number of aromatic nitrogens is 4. The van der Waals surface area contributed by atoms with Gasteiger partial charge >= 0.3 is 0 Å². The fourth-order valence-corrected chi connectivity index (χ4v) is 3.39. The Morgan fingerprint density at radius 1 is 0.964 bits per heavy atom. The van der Waals surface area contributed by atoms with E-state index in [1.54, 1.807) is 12.4 Å². The van der Waals surface area contributed by atoms with Crippen molar-refractivity contribution in [3.63, 3.8) is 0 Å². The molecule has 0 aliphatic carbocycles. The summed E-state index contributed by atoms with van der Waals surface area (Å²) in [6.07, 6.45) is 5.36. The second-order valence-corrected chi connectivity index (χ2v) is 6.60. The smallest absolute Gasteiger partial charge is 0.256 e. The average molecular weight is 367 g/mol. The molecule has 28 heavy (non-hydrogen) atoms. The van der Waals surface area contributed by atoms with Crippen molar-refractivity contribution in [2.75, 3.05) is 5.32 Å². The van der Waals surface area contributed by atoms with Gasteiger partial charge in [-0.2, -0.15) is 0 Å².